The van der Waals surface area contributed by atoms with E-state index in [4.69, 9.17) is 0 Å². The van der Waals surface area contributed by atoms with E-state index >= 15 is 0 Å². The van der Waals surface area contributed by atoms with Crippen LogP contribution < -0.4 is 5.32 Å². The van der Waals surface area contributed by atoms with Crippen molar-refractivity contribution in [2.45, 2.75) is 78.2 Å². The number of nitrogens with one attached hydrogen (secondary N) is 1. The van der Waals surface area contributed by atoms with Crippen molar-refractivity contribution >= 4 is 11.7 Å². The lowest BCUT2D eigenvalue weighted by Crippen LogP contribution is -2.24. The number of unbranched alkanes of at least 4 members (excludes halogenated alkanes) is 1. The number of aryl methyl sites for hydroxylation is 1. The fourth-order valence-electron chi connectivity index (χ4n) is 3.24. The van der Waals surface area contributed by atoms with Gasteiger partial charge in [-0.25, -0.2) is 4.68 Å². The third kappa shape index (κ3) is 4.08. The van der Waals surface area contributed by atoms with Crippen LogP contribution in [0, 0.1) is 12.8 Å². The Hall–Kier alpha value is -1.32. The third-order valence-electron chi connectivity index (χ3n) is 4.55. The van der Waals surface area contributed by atoms with Crippen LogP contribution in [0.2, 0.25) is 0 Å². The summed E-state index contributed by atoms with van der Waals surface area (Å²) in [5.41, 5.74) is 0.985. The van der Waals surface area contributed by atoms with Gasteiger partial charge in [0.05, 0.1) is 11.7 Å². The molecule has 1 atom stereocenters. The Labute approximate surface area is 128 Å². The number of hydrogen-bond donors (Lipinski definition) is 1. The maximum Gasteiger partial charge on any atom is 0.228 e. The van der Waals surface area contributed by atoms with E-state index in [0.717, 1.165) is 37.2 Å². The van der Waals surface area contributed by atoms with Crippen LogP contribution in [0.25, 0.3) is 0 Å². The molecule has 1 aliphatic carbocycles. The highest BCUT2D eigenvalue weighted by molar-refractivity contribution is 5.91. The van der Waals surface area contributed by atoms with Crippen molar-refractivity contribution in [3.8, 4) is 0 Å². The molecule has 1 aromatic heterocycles. The average Bonchev–Trinajstić information content (AvgIpc) is 3.09. The minimum absolute atomic E-state index is 0.122. The molecular weight excluding hydrogens is 262 g/mol. The van der Waals surface area contributed by atoms with Crippen molar-refractivity contribution in [3.05, 3.63) is 11.8 Å². The van der Waals surface area contributed by atoms with Crippen LogP contribution in [0.1, 0.15) is 76.9 Å². The van der Waals surface area contributed by atoms with Crippen molar-refractivity contribution in [1.82, 2.24) is 9.78 Å². The van der Waals surface area contributed by atoms with Gasteiger partial charge >= 0.3 is 0 Å². The van der Waals surface area contributed by atoms with E-state index in [9.17, 15) is 4.79 Å². The number of nitrogens with zero attached hydrogens (tertiary/aromatic N) is 2. The lowest BCUT2D eigenvalue weighted by atomic mass is 9.98. The van der Waals surface area contributed by atoms with Crippen LogP contribution in [-0.2, 0) is 4.79 Å². The lowest BCUT2D eigenvalue weighted by Gasteiger charge is -2.18. The van der Waals surface area contributed by atoms with Crippen LogP contribution in [0.3, 0.4) is 0 Å². The fraction of sp³-hybridized carbons (Fsp3) is 0.765. The second-order valence-electron chi connectivity index (χ2n) is 6.29. The molecule has 1 aromatic rings. The van der Waals surface area contributed by atoms with Crippen molar-refractivity contribution in [2.24, 2.45) is 5.92 Å². The first-order valence-electron chi connectivity index (χ1n) is 8.52. The summed E-state index contributed by atoms with van der Waals surface area (Å²) in [5, 5.41) is 7.72. The first kappa shape index (κ1) is 16.1. The molecule has 0 radical (unpaired) electrons. The van der Waals surface area contributed by atoms with E-state index in [2.05, 4.69) is 24.3 Å². The molecule has 1 amide bonds. The van der Waals surface area contributed by atoms with E-state index < -0.39 is 0 Å². The Balaban J connectivity index is 2.05. The van der Waals surface area contributed by atoms with Gasteiger partial charge in [0.2, 0.25) is 5.91 Å². The van der Waals surface area contributed by atoms with Crippen molar-refractivity contribution in [1.29, 1.82) is 0 Å². The number of amides is 1. The summed E-state index contributed by atoms with van der Waals surface area (Å²) in [4.78, 5) is 12.5. The highest BCUT2D eigenvalue weighted by Crippen LogP contribution is 2.32. The summed E-state index contributed by atoms with van der Waals surface area (Å²) >= 11 is 0. The molecule has 0 spiro atoms. The molecule has 1 aliphatic rings. The molecule has 0 saturated heterocycles. The molecule has 1 saturated carbocycles. The highest BCUT2D eigenvalue weighted by atomic mass is 16.2. The van der Waals surface area contributed by atoms with Crippen molar-refractivity contribution in [3.63, 3.8) is 0 Å². The second-order valence-corrected chi connectivity index (χ2v) is 6.29. The topological polar surface area (TPSA) is 46.9 Å². The minimum Gasteiger partial charge on any atom is -0.311 e. The van der Waals surface area contributed by atoms with Gasteiger partial charge in [0.15, 0.2) is 0 Å². The molecule has 1 N–H and O–H groups in total. The largest absolute Gasteiger partial charge is 0.311 e. The highest BCUT2D eigenvalue weighted by Gasteiger charge is 2.23. The van der Waals surface area contributed by atoms with Gasteiger partial charge in [0.1, 0.15) is 5.82 Å². The normalized spacial score (nSPS) is 17.1. The molecular formula is C17H29N3O. The number of hydrogen-bond acceptors (Lipinski definition) is 2. The average molecular weight is 291 g/mol. The zero-order chi connectivity index (χ0) is 15.2. The SMILES string of the molecule is CCCCC(CC)C(=O)Nc1cc(C)nn1C1CCCC1. The van der Waals surface area contributed by atoms with E-state index in [1.54, 1.807) is 0 Å². The van der Waals surface area contributed by atoms with Crippen LogP contribution in [0.4, 0.5) is 5.82 Å². The maximum atomic E-state index is 12.5. The lowest BCUT2D eigenvalue weighted by molar-refractivity contribution is -0.120. The predicted molar refractivity (Wildman–Crippen MR) is 86.4 cm³/mol. The van der Waals surface area contributed by atoms with E-state index in [0.29, 0.717) is 6.04 Å². The third-order valence-corrected chi connectivity index (χ3v) is 4.55. The monoisotopic (exact) mass is 291 g/mol. The second kappa shape index (κ2) is 7.62. The van der Waals surface area contributed by atoms with Crippen molar-refractivity contribution in [2.75, 3.05) is 5.32 Å². The molecule has 118 valence electrons. The first-order chi connectivity index (χ1) is 10.2. The Morgan fingerprint density at radius 2 is 2.14 bits per heavy atom. The number of aromatic nitrogens is 2. The summed E-state index contributed by atoms with van der Waals surface area (Å²) in [6.07, 6.45) is 9.04. The fourth-order valence-corrected chi connectivity index (χ4v) is 3.24. The minimum atomic E-state index is 0.122. The predicted octanol–water partition coefficient (Wildman–Crippen LogP) is 4.46. The number of carbonyl (C=O) groups excluding carboxylic acids is 1. The number of anilines is 1. The zero-order valence-corrected chi connectivity index (χ0v) is 13.7. The Kier molecular flexibility index (Phi) is 5.83. The smallest absolute Gasteiger partial charge is 0.228 e. The van der Waals surface area contributed by atoms with Crippen LogP contribution in [0.15, 0.2) is 6.07 Å². The van der Waals surface area contributed by atoms with E-state index in [-0.39, 0.29) is 11.8 Å². The molecule has 21 heavy (non-hydrogen) atoms. The van der Waals surface area contributed by atoms with Crippen molar-refractivity contribution < 1.29 is 4.79 Å². The van der Waals surface area contributed by atoms with Gasteiger partial charge in [-0.05, 0) is 32.6 Å². The van der Waals surface area contributed by atoms with Gasteiger partial charge in [-0.3, -0.25) is 4.79 Å². The summed E-state index contributed by atoms with van der Waals surface area (Å²) in [6.45, 7) is 6.26. The standard InChI is InChI=1S/C17H29N3O/c1-4-6-9-14(5-2)17(21)18-16-12-13(3)19-20(16)15-10-7-8-11-15/h12,14-15H,4-11H2,1-3H3,(H,18,21). The Bertz CT molecular complexity index is 461. The molecule has 0 aliphatic heterocycles. The summed E-state index contributed by atoms with van der Waals surface area (Å²) in [6, 6.07) is 2.47. The number of rotatable bonds is 7. The van der Waals surface area contributed by atoms with Gasteiger partial charge in [-0.1, -0.05) is 39.5 Å². The molecule has 4 heteroatoms. The van der Waals surface area contributed by atoms with E-state index in [1.807, 2.05) is 17.7 Å². The quantitative estimate of drug-likeness (QED) is 0.806. The molecule has 0 aromatic carbocycles. The maximum absolute atomic E-state index is 12.5. The summed E-state index contributed by atoms with van der Waals surface area (Å²) in [5.74, 6) is 1.17. The van der Waals surface area contributed by atoms with Gasteiger partial charge in [0, 0.05) is 12.0 Å². The summed E-state index contributed by atoms with van der Waals surface area (Å²) in [7, 11) is 0. The van der Waals surface area contributed by atoms with Gasteiger partial charge in [0.25, 0.3) is 0 Å². The molecule has 0 bridgehead atoms. The molecule has 4 nitrogen and oxygen atoms in total. The molecule has 2 rings (SSSR count). The number of carbonyl (C=O) groups is 1. The molecule has 1 fully saturated rings. The van der Waals surface area contributed by atoms with E-state index in [1.165, 1.54) is 25.7 Å². The molecule has 1 heterocycles. The van der Waals surface area contributed by atoms with Gasteiger partial charge in [-0.2, -0.15) is 5.10 Å². The zero-order valence-electron chi connectivity index (χ0n) is 13.7. The molecule has 1 unspecified atom stereocenters. The van der Waals surface area contributed by atoms with Crippen LogP contribution in [0.5, 0.6) is 0 Å². The van der Waals surface area contributed by atoms with Gasteiger partial charge in [-0.15, -0.1) is 0 Å². The van der Waals surface area contributed by atoms with Crippen LogP contribution >= 0.6 is 0 Å². The summed E-state index contributed by atoms with van der Waals surface area (Å²) < 4.78 is 2.05. The van der Waals surface area contributed by atoms with Gasteiger partial charge < -0.3 is 5.32 Å². The Morgan fingerprint density at radius 1 is 1.43 bits per heavy atom. The first-order valence-corrected chi connectivity index (χ1v) is 8.52. The van der Waals surface area contributed by atoms with Crippen LogP contribution in [-0.4, -0.2) is 15.7 Å². The Morgan fingerprint density at radius 3 is 2.76 bits per heavy atom.